The lowest BCUT2D eigenvalue weighted by Crippen LogP contribution is -2.01. The Balaban J connectivity index is 2.15. The molecule has 1 aromatic heterocycles. The Morgan fingerprint density at radius 1 is 1.19 bits per heavy atom. The van der Waals surface area contributed by atoms with Crippen LogP contribution in [0.2, 0.25) is 0 Å². The highest BCUT2D eigenvalue weighted by Crippen LogP contribution is 2.21. The standard InChI is InChI=1S/C12H10F2OS/c13-10-3-8(4-11(14)6-10)5-12(15)9-1-2-16-7-9/h1-4,6-7,12,15H,5H2. The monoisotopic (exact) mass is 240 g/mol. The maximum atomic E-state index is 12.9. The van der Waals surface area contributed by atoms with Crippen LogP contribution in [0.4, 0.5) is 8.78 Å². The minimum Gasteiger partial charge on any atom is -0.388 e. The molecule has 0 bridgehead atoms. The lowest BCUT2D eigenvalue weighted by Gasteiger charge is -2.09. The van der Waals surface area contributed by atoms with Crippen molar-refractivity contribution in [2.24, 2.45) is 0 Å². The topological polar surface area (TPSA) is 20.2 Å². The predicted octanol–water partition coefficient (Wildman–Crippen LogP) is 3.30. The Bertz CT molecular complexity index is 448. The van der Waals surface area contributed by atoms with Crippen molar-refractivity contribution in [1.82, 2.24) is 0 Å². The zero-order valence-corrected chi connectivity index (χ0v) is 9.18. The molecule has 1 heterocycles. The van der Waals surface area contributed by atoms with Gasteiger partial charge in [-0.25, -0.2) is 8.78 Å². The van der Waals surface area contributed by atoms with E-state index in [2.05, 4.69) is 0 Å². The molecule has 16 heavy (non-hydrogen) atoms. The Hall–Kier alpha value is -1.26. The Kier molecular flexibility index (Phi) is 3.31. The molecule has 1 N–H and O–H groups in total. The second kappa shape index (κ2) is 4.72. The highest BCUT2D eigenvalue weighted by molar-refractivity contribution is 7.07. The third-order valence-electron chi connectivity index (χ3n) is 2.28. The van der Waals surface area contributed by atoms with Crippen molar-refractivity contribution in [2.75, 3.05) is 0 Å². The minimum absolute atomic E-state index is 0.214. The second-order valence-corrected chi connectivity index (χ2v) is 4.33. The van der Waals surface area contributed by atoms with Gasteiger partial charge in [0.05, 0.1) is 6.10 Å². The first kappa shape index (κ1) is 11.2. The zero-order valence-electron chi connectivity index (χ0n) is 8.36. The molecule has 1 aromatic carbocycles. The third-order valence-corrected chi connectivity index (χ3v) is 2.98. The summed E-state index contributed by atoms with van der Waals surface area (Å²) in [7, 11) is 0. The molecule has 2 rings (SSSR count). The van der Waals surface area contributed by atoms with Crippen LogP contribution in [0.3, 0.4) is 0 Å². The molecule has 4 heteroatoms. The van der Waals surface area contributed by atoms with Gasteiger partial charge in [0.1, 0.15) is 11.6 Å². The van der Waals surface area contributed by atoms with Gasteiger partial charge in [0.15, 0.2) is 0 Å². The van der Waals surface area contributed by atoms with E-state index in [4.69, 9.17) is 0 Å². The van der Waals surface area contributed by atoms with Crippen molar-refractivity contribution < 1.29 is 13.9 Å². The number of halogens is 2. The average Bonchev–Trinajstić information content (AvgIpc) is 2.68. The van der Waals surface area contributed by atoms with Crippen LogP contribution in [0.25, 0.3) is 0 Å². The molecule has 2 aromatic rings. The number of thiophene rings is 1. The number of aliphatic hydroxyl groups excluding tert-OH is 1. The van der Waals surface area contributed by atoms with Gasteiger partial charge < -0.3 is 5.11 Å². The third kappa shape index (κ3) is 2.65. The Morgan fingerprint density at radius 2 is 1.88 bits per heavy atom. The summed E-state index contributed by atoms with van der Waals surface area (Å²) in [6.45, 7) is 0. The molecule has 0 amide bonds. The molecule has 0 saturated carbocycles. The van der Waals surface area contributed by atoms with Crippen molar-refractivity contribution >= 4 is 11.3 Å². The van der Waals surface area contributed by atoms with Gasteiger partial charge in [-0.3, -0.25) is 0 Å². The first-order valence-electron chi connectivity index (χ1n) is 4.80. The van der Waals surface area contributed by atoms with Crippen molar-refractivity contribution in [2.45, 2.75) is 12.5 Å². The van der Waals surface area contributed by atoms with E-state index in [1.807, 2.05) is 10.8 Å². The smallest absolute Gasteiger partial charge is 0.126 e. The van der Waals surface area contributed by atoms with Crippen LogP contribution >= 0.6 is 11.3 Å². The number of benzene rings is 1. The molecule has 0 aliphatic heterocycles. The van der Waals surface area contributed by atoms with Crippen LogP contribution in [0.1, 0.15) is 17.2 Å². The largest absolute Gasteiger partial charge is 0.388 e. The zero-order chi connectivity index (χ0) is 11.5. The second-order valence-electron chi connectivity index (χ2n) is 3.55. The first-order chi connectivity index (χ1) is 7.65. The maximum Gasteiger partial charge on any atom is 0.126 e. The summed E-state index contributed by atoms with van der Waals surface area (Å²) in [6.07, 6.45) is -0.502. The summed E-state index contributed by atoms with van der Waals surface area (Å²) >= 11 is 1.48. The summed E-state index contributed by atoms with van der Waals surface area (Å²) in [6, 6.07) is 5.09. The molecule has 0 fully saturated rings. The molecule has 1 atom stereocenters. The fourth-order valence-electron chi connectivity index (χ4n) is 1.53. The first-order valence-corrected chi connectivity index (χ1v) is 5.74. The lowest BCUT2D eigenvalue weighted by atomic mass is 10.0. The predicted molar refractivity (Wildman–Crippen MR) is 59.3 cm³/mol. The average molecular weight is 240 g/mol. The molecule has 0 aliphatic carbocycles. The van der Waals surface area contributed by atoms with Crippen LogP contribution in [0.5, 0.6) is 0 Å². The van der Waals surface area contributed by atoms with Gasteiger partial charge in [-0.05, 0) is 40.1 Å². The molecule has 0 spiro atoms. The van der Waals surface area contributed by atoms with E-state index in [1.54, 1.807) is 6.07 Å². The summed E-state index contributed by atoms with van der Waals surface area (Å²) in [4.78, 5) is 0. The van der Waals surface area contributed by atoms with E-state index in [9.17, 15) is 13.9 Å². The summed E-state index contributed by atoms with van der Waals surface area (Å²) in [5.74, 6) is -1.24. The van der Waals surface area contributed by atoms with Gasteiger partial charge in [-0.15, -0.1) is 0 Å². The van der Waals surface area contributed by atoms with E-state index in [0.29, 0.717) is 5.56 Å². The van der Waals surface area contributed by atoms with Crippen LogP contribution in [-0.4, -0.2) is 5.11 Å². The van der Waals surface area contributed by atoms with E-state index in [1.165, 1.54) is 23.5 Å². The molecular formula is C12H10F2OS. The summed E-state index contributed by atoms with van der Waals surface area (Å²) in [5.41, 5.74) is 1.23. The Labute approximate surface area is 96.0 Å². The molecule has 0 aliphatic rings. The van der Waals surface area contributed by atoms with Gasteiger partial charge in [-0.1, -0.05) is 0 Å². The SMILES string of the molecule is OC(Cc1cc(F)cc(F)c1)c1ccsc1. The fourth-order valence-corrected chi connectivity index (χ4v) is 2.24. The molecular weight excluding hydrogens is 230 g/mol. The van der Waals surface area contributed by atoms with Crippen LogP contribution < -0.4 is 0 Å². The highest BCUT2D eigenvalue weighted by Gasteiger charge is 2.10. The molecule has 1 unspecified atom stereocenters. The van der Waals surface area contributed by atoms with E-state index in [0.717, 1.165) is 11.6 Å². The van der Waals surface area contributed by atoms with Gasteiger partial charge in [0, 0.05) is 12.5 Å². The molecule has 84 valence electrons. The van der Waals surface area contributed by atoms with Crippen molar-refractivity contribution in [3.63, 3.8) is 0 Å². The normalized spacial score (nSPS) is 12.7. The van der Waals surface area contributed by atoms with Gasteiger partial charge >= 0.3 is 0 Å². The van der Waals surface area contributed by atoms with E-state index < -0.39 is 17.7 Å². The molecule has 0 saturated heterocycles. The summed E-state index contributed by atoms with van der Waals surface area (Å²) in [5, 5.41) is 13.5. The number of hydrogen-bond acceptors (Lipinski definition) is 2. The van der Waals surface area contributed by atoms with E-state index in [-0.39, 0.29) is 6.42 Å². The molecule has 1 nitrogen and oxygen atoms in total. The van der Waals surface area contributed by atoms with E-state index >= 15 is 0 Å². The van der Waals surface area contributed by atoms with Crippen molar-refractivity contribution in [3.05, 3.63) is 57.8 Å². The lowest BCUT2D eigenvalue weighted by molar-refractivity contribution is 0.179. The fraction of sp³-hybridized carbons (Fsp3) is 0.167. The van der Waals surface area contributed by atoms with Gasteiger partial charge in [-0.2, -0.15) is 11.3 Å². The minimum atomic E-state index is -0.715. The number of rotatable bonds is 3. The maximum absolute atomic E-state index is 12.9. The van der Waals surface area contributed by atoms with Crippen LogP contribution in [0.15, 0.2) is 35.0 Å². The van der Waals surface area contributed by atoms with Crippen molar-refractivity contribution in [3.8, 4) is 0 Å². The summed E-state index contributed by atoms with van der Waals surface area (Å²) < 4.78 is 25.8. The molecule has 0 radical (unpaired) electrons. The Morgan fingerprint density at radius 3 is 2.44 bits per heavy atom. The van der Waals surface area contributed by atoms with Crippen molar-refractivity contribution in [1.29, 1.82) is 0 Å². The van der Waals surface area contributed by atoms with Gasteiger partial charge in [0.25, 0.3) is 0 Å². The number of hydrogen-bond donors (Lipinski definition) is 1. The number of aliphatic hydroxyl groups is 1. The van der Waals surface area contributed by atoms with Gasteiger partial charge in [0.2, 0.25) is 0 Å². The quantitative estimate of drug-likeness (QED) is 0.872. The highest BCUT2D eigenvalue weighted by atomic mass is 32.1. The van der Waals surface area contributed by atoms with Crippen LogP contribution in [-0.2, 0) is 6.42 Å². The van der Waals surface area contributed by atoms with Crippen LogP contribution in [0, 0.1) is 11.6 Å².